The number of para-hydroxylation sites is 1. The molecule has 0 saturated heterocycles. The molecule has 4 heteroatoms. The molecule has 0 saturated carbocycles. The molecule has 0 atom stereocenters. The number of nitrogen functional groups attached to an aromatic ring is 1. The molecule has 1 heterocycles. The highest BCUT2D eigenvalue weighted by molar-refractivity contribution is 7.12. The fraction of sp³-hybridized carbons (Fsp3) is 0.375. The van der Waals surface area contributed by atoms with E-state index in [9.17, 15) is 0 Å². The summed E-state index contributed by atoms with van der Waals surface area (Å²) in [6.45, 7) is 5.75. The van der Waals surface area contributed by atoms with Crippen molar-refractivity contribution in [3.8, 4) is 5.75 Å². The van der Waals surface area contributed by atoms with Crippen molar-refractivity contribution in [1.82, 2.24) is 0 Å². The summed E-state index contributed by atoms with van der Waals surface area (Å²) in [6.07, 6.45) is 2.07. The zero-order valence-electron chi connectivity index (χ0n) is 12.1. The van der Waals surface area contributed by atoms with Crippen LogP contribution in [0.25, 0.3) is 0 Å². The van der Waals surface area contributed by atoms with Crippen LogP contribution in [0.5, 0.6) is 5.75 Å². The Balaban J connectivity index is 2.01. The molecule has 0 aliphatic heterocycles. The predicted molar refractivity (Wildman–Crippen MR) is 87.7 cm³/mol. The van der Waals surface area contributed by atoms with Gasteiger partial charge in [0.05, 0.1) is 18.0 Å². The zero-order valence-corrected chi connectivity index (χ0v) is 12.9. The van der Waals surface area contributed by atoms with Crippen LogP contribution in [0.15, 0.2) is 30.3 Å². The average Bonchev–Trinajstić information content (AvgIpc) is 2.93. The molecule has 1 aromatic carbocycles. The summed E-state index contributed by atoms with van der Waals surface area (Å²) in [4.78, 5) is 2.73. The third-order valence-corrected chi connectivity index (χ3v) is 4.28. The zero-order chi connectivity index (χ0) is 14.4. The summed E-state index contributed by atoms with van der Waals surface area (Å²) >= 11 is 1.84. The van der Waals surface area contributed by atoms with E-state index in [2.05, 4.69) is 31.3 Å². The maximum atomic E-state index is 6.14. The maximum Gasteiger partial charge on any atom is 0.144 e. The molecule has 0 bridgehead atoms. The average molecular weight is 290 g/mol. The number of thiophene rings is 1. The summed E-state index contributed by atoms with van der Waals surface area (Å²) in [5, 5.41) is 3.39. The van der Waals surface area contributed by atoms with Gasteiger partial charge in [-0.05, 0) is 37.1 Å². The number of nitrogens with one attached hydrogen (secondary N) is 1. The maximum absolute atomic E-state index is 6.14. The molecule has 0 amide bonds. The van der Waals surface area contributed by atoms with E-state index in [4.69, 9.17) is 10.5 Å². The van der Waals surface area contributed by atoms with Crippen molar-refractivity contribution >= 4 is 22.7 Å². The smallest absolute Gasteiger partial charge is 0.144 e. The molecule has 3 N–H and O–H groups in total. The van der Waals surface area contributed by atoms with E-state index in [0.717, 1.165) is 30.8 Å². The van der Waals surface area contributed by atoms with Crippen molar-refractivity contribution < 1.29 is 4.74 Å². The van der Waals surface area contributed by atoms with Gasteiger partial charge in [-0.15, -0.1) is 11.3 Å². The third kappa shape index (κ3) is 3.67. The molecule has 0 aliphatic rings. The number of ether oxygens (including phenoxy) is 1. The van der Waals surface area contributed by atoms with E-state index >= 15 is 0 Å². The Morgan fingerprint density at radius 2 is 1.95 bits per heavy atom. The number of nitrogens with two attached hydrogens (primary N) is 1. The molecule has 0 fully saturated rings. The second-order valence-electron chi connectivity index (χ2n) is 4.64. The van der Waals surface area contributed by atoms with Crippen molar-refractivity contribution in [1.29, 1.82) is 0 Å². The van der Waals surface area contributed by atoms with E-state index in [1.165, 1.54) is 9.75 Å². The lowest BCUT2D eigenvalue weighted by molar-refractivity contribution is 0.319. The Labute approximate surface area is 124 Å². The minimum atomic E-state index is 0.688. The van der Waals surface area contributed by atoms with Gasteiger partial charge in [0.25, 0.3) is 0 Å². The van der Waals surface area contributed by atoms with Gasteiger partial charge in [-0.3, -0.25) is 0 Å². The molecule has 3 nitrogen and oxygen atoms in total. The van der Waals surface area contributed by atoms with Crippen molar-refractivity contribution in [3.05, 3.63) is 40.1 Å². The van der Waals surface area contributed by atoms with Crippen molar-refractivity contribution in [2.45, 2.75) is 33.2 Å². The number of benzene rings is 1. The number of aryl methyl sites for hydroxylation is 1. The Bertz CT molecular complexity index is 551. The van der Waals surface area contributed by atoms with Crippen molar-refractivity contribution in [2.75, 3.05) is 17.7 Å². The molecule has 1 aromatic heterocycles. The van der Waals surface area contributed by atoms with Gasteiger partial charge >= 0.3 is 0 Å². The van der Waals surface area contributed by atoms with Gasteiger partial charge < -0.3 is 15.8 Å². The SMILES string of the molecule is CCCOc1cccc(NCc2ccc(CC)s2)c1N. The van der Waals surface area contributed by atoms with E-state index in [1.54, 1.807) is 0 Å². The first-order valence-electron chi connectivity index (χ1n) is 7.07. The fourth-order valence-corrected chi connectivity index (χ4v) is 2.82. The lowest BCUT2D eigenvalue weighted by Crippen LogP contribution is -2.04. The molecule has 2 aromatic rings. The van der Waals surface area contributed by atoms with Gasteiger partial charge in [-0.1, -0.05) is 19.9 Å². The van der Waals surface area contributed by atoms with Crippen molar-refractivity contribution in [2.24, 2.45) is 0 Å². The van der Waals surface area contributed by atoms with Gasteiger partial charge in [-0.2, -0.15) is 0 Å². The molecular weight excluding hydrogens is 268 g/mol. The number of hydrogen-bond acceptors (Lipinski definition) is 4. The molecular formula is C16H22N2OS. The van der Waals surface area contributed by atoms with Crippen LogP contribution in [0.2, 0.25) is 0 Å². The monoisotopic (exact) mass is 290 g/mol. The lowest BCUT2D eigenvalue weighted by Gasteiger charge is -2.13. The molecule has 2 rings (SSSR count). The molecule has 108 valence electrons. The van der Waals surface area contributed by atoms with Gasteiger partial charge in [0.15, 0.2) is 0 Å². The predicted octanol–water partition coefficient (Wildman–Crippen LogP) is 4.29. The van der Waals surface area contributed by atoms with Crippen LogP contribution in [0, 0.1) is 0 Å². The number of hydrogen-bond donors (Lipinski definition) is 2. The van der Waals surface area contributed by atoms with Crippen LogP contribution in [0.1, 0.15) is 30.0 Å². The standard InChI is InChI=1S/C16H22N2OS/c1-3-10-19-15-7-5-6-14(16(15)17)18-11-13-9-8-12(4-2)20-13/h5-9,18H,3-4,10-11,17H2,1-2H3. The quantitative estimate of drug-likeness (QED) is 0.748. The molecule has 0 radical (unpaired) electrons. The van der Waals surface area contributed by atoms with Gasteiger partial charge in [0.2, 0.25) is 0 Å². The summed E-state index contributed by atoms with van der Waals surface area (Å²) < 4.78 is 5.64. The van der Waals surface area contributed by atoms with Gasteiger partial charge in [0.1, 0.15) is 5.75 Å². The number of anilines is 2. The lowest BCUT2D eigenvalue weighted by atomic mass is 10.2. The highest BCUT2D eigenvalue weighted by Gasteiger charge is 2.06. The van der Waals surface area contributed by atoms with Crippen LogP contribution < -0.4 is 15.8 Å². The number of rotatable bonds is 7. The second kappa shape index (κ2) is 7.20. The largest absolute Gasteiger partial charge is 0.491 e. The van der Waals surface area contributed by atoms with Crippen LogP contribution in [0.4, 0.5) is 11.4 Å². The minimum Gasteiger partial charge on any atom is -0.491 e. The first-order chi connectivity index (χ1) is 9.74. The highest BCUT2D eigenvalue weighted by Crippen LogP contribution is 2.30. The van der Waals surface area contributed by atoms with Crippen molar-refractivity contribution in [3.63, 3.8) is 0 Å². The first-order valence-corrected chi connectivity index (χ1v) is 7.89. The normalized spacial score (nSPS) is 10.5. The minimum absolute atomic E-state index is 0.688. The van der Waals surface area contributed by atoms with E-state index < -0.39 is 0 Å². The topological polar surface area (TPSA) is 47.3 Å². The van der Waals surface area contributed by atoms with Gasteiger partial charge in [0, 0.05) is 16.3 Å². The molecule has 0 aliphatic carbocycles. The second-order valence-corrected chi connectivity index (χ2v) is 5.89. The molecule has 20 heavy (non-hydrogen) atoms. The summed E-state index contributed by atoms with van der Waals surface area (Å²) in [5.74, 6) is 0.761. The summed E-state index contributed by atoms with van der Waals surface area (Å²) in [6, 6.07) is 10.2. The van der Waals surface area contributed by atoms with Crippen LogP contribution >= 0.6 is 11.3 Å². The Kier molecular flexibility index (Phi) is 5.30. The van der Waals surface area contributed by atoms with Crippen LogP contribution in [-0.2, 0) is 13.0 Å². The molecule has 0 unspecified atom stereocenters. The Morgan fingerprint density at radius 1 is 1.15 bits per heavy atom. The Hall–Kier alpha value is -1.68. The summed E-state index contributed by atoms with van der Waals surface area (Å²) in [5.41, 5.74) is 7.76. The first kappa shape index (κ1) is 14.7. The fourth-order valence-electron chi connectivity index (χ4n) is 1.93. The molecule has 0 spiro atoms. The van der Waals surface area contributed by atoms with Crippen LogP contribution in [0.3, 0.4) is 0 Å². The van der Waals surface area contributed by atoms with Gasteiger partial charge in [-0.25, -0.2) is 0 Å². The van der Waals surface area contributed by atoms with E-state index in [-0.39, 0.29) is 0 Å². The van der Waals surface area contributed by atoms with E-state index in [0.29, 0.717) is 12.3 Å². The van der Waals surface area contributed by atoms with E-state index in [1.807, 2.05) is 29.5 Å². The highest BCUT2D eigenvalue weighted by atomic mass is 32.1. The Morgan fingerprint density at radius 3 is 2.65 bits per heavy atom. The summed E-state index contributed by atoms with van der Waals surface area (Å²) in [7, 11) is 0. The third-order valence-electron chi connectivity index (χ3n) is 3.05. The van der Waals surface area contributed by atoms with Crippen LogP contribution in [-0.4, -0.2) is 6.61 Å².